The molecule has 96 valence electrons. The number of nitrogens with one attached hydrogen (secondary N) is 1. The largest absolute Gasteiger partial charge is 0.496 e. The molecule has 0 heterocycles. The van der Waals surface area contributed by atoms with Crippen LogP contribution in [0.4, 0.5) is 4.39 Å². The summed E-state index contributed by atoms with van der Waals surface area (Å²) < 4.78 is 19.2. The van der Waals surface area contributed by atoms with Crippen molar-refractivity contribution in [1.29, 1.82) is 0 Å². The lowest BCUT2D eigenvalue weighted by Gasteiger charge is -2.27. The van der Waals surface area contributed by atoms with Crippen LogP contribution < -0.4 is 10.1 Å². The minimum absolute atomic E-state index is 0. The van der Waals surface area contributed by atoms with Gasteiger partial charge in [-0.2, -0.15) is 0 Å². The lowest BCUT2D eigenvalue weighted by atomic mass is 9.82. The van der Waals surface area contributed by atoms with Gasteiger partial charge in [-0.05, 0) is 49.9 Å². The van der Waals surface area contributed by atoms with Crippen LogP contribution in [0.25, 0.3) is 0 Å². The number of methoxy groups -OCH3 is 1. The zero-order valence-corrected chi connectivity index (χ0v) is 11.1. The smallest absolute Gasteiger partial charge is 0.127 e. The summed E-state index contributed by atoms with van der Waals surface area (Å²) in [6.07, 6.45) is 3.09. The normalized spacial score (nSPS) is 18.2. The van der Waals surface area contributed by atoms with E-state index in [1.54, 1.807) is 13.2 Å². The highest BCUT2D eigenvalue weighted by molar-refractivity contribution is 5.85. The van der Waals surface area contributed by atoms with Crippen LogP contribution >= 0.6 is 12.4 Å². The van der Waals surface area contributed by atoms with Crippen LogP contribution in [0.1, 0.15) is 29.9 Å². The predicted molar refractivity (Wildman–Crippen MR) is 69.8 cm³/mol. The molecule has 1 aromatic carbocycles. The van der Waals surface area contributed by atoms with Gasteiger partial charge in [0, 0.05) is 12.1 Å². The summed E-state index contributed by atoms with van der Waals surface area (Å²) in [7, 11) is 3.56. The van der Waals surface area contributed by atoms with Crippen molar-refractivity contribution in [1.82, 2.24) is 5.32 Å². The fourth-order valence-corrected chi connectivity index (χ4v) is 2.63. The van der Waals surface area contributed by atoms with E-state index in [1.807, 2.05) is 7.05 Å². The first-order valence-corrected chi connectivity index (χ1v) is 5.77. The van der Waals surface area contributed by atoms with Gasteiger partial charge in [0.1, 0.15) is 11.6 Å². The van der Waals surface area contributed by atoms with Crippen molar-refractivity contribution in [3.05, 3.63) is 29.1 Å². The molecule has 0 aromatic heterocycles. The van der Waals surface area contributed by atoms with Gasteiger partial charge in [0.05, 0.1) is 7.11 Å². The van der Waals surface area contributed by atoms with Crippen LogP contribution in [-0.2, 0) is 6.42 Å². The second kappa shape index (κ2) is 6.22. The van der Waals surface area contributed by atoms with Gasteiger partial charge >= 0.3 is 0 Å². The molecule has 0 spiro atoms. The Morgan fingerprint density at radius 1 is 1.47 bits per heavy atom. The van der Waals surface area contributed by atoms with Crippen molar-refractivity contribution in [3.63, 3.8) is 0 Å². The average Bonchev–Trinajstić information content (AvgIpc) is 2.30. The number of likely N-dealkylation sites (N-methyl/N-ethyl adjacent to an activating group) is 1. The minimum Gasteiger partial charge on any atom is -0.496 e. The highest BCUT2D eigenvalue weighted by Crippen LogP contribution is 2.37. The maximum absolute atomic E-state index is 13.9. The van der Waals surface area contributed by atoms with Gasteiger partial charge in [0.25, 0.3) is 0 Å². The predicted octanol–water partition coefficient (Wildman–Crippen LogP) is 2.90. The molecule has 2 rings (SSSR count). The zero-order valence-electron chi connectivity index (χ0n) is 10.3. The number of fused-ring (bicyclic) bond motifs is 1. The van der Waals surface area contributed by atoms with Crippen LogP contribution in [0.2, 0.25) is 0 Å². The number of halogens is 2. The maximum Gasteiger partial charge on any atom is 0.127 e. The van der Waals surface area contributed by atoms with Gasteiger partial charge in [-0.25, -0.2) is 4.39 Å². The number of hydrogen-bond donors (Lipinski definition) is 1. The molecule has 1 aliphatic rings. The molecule has 0 saturated heterocycles. The van der Waals surface area contributed by atoms with Crippen LogP contribution in [0.15, 0.2) is 12.1 Å². The van der Waals surface area contributed by atoms with E-state index >= 15 is 0 Å². The maximum atomic E-state index is 13.9. The third kappa shape index (κ3) is 2.72. The summed E-state index contributed by atoms with van der Waals surface area (Å²) in [6, 6.07) is 3.25. The summed E-state index contributed by atoms with van der Waals surface area (Å²) in [5, 5.41) is 3.14. The summed E-state index contributed by atoms with van der Waals surface area (Å²) in [5.41, 5.74) is 1.92. The van der Waals surface area contributed by atoms with Gasteiger partial charge < -0.3 is 10.1 Å². The van der Waals surface area contributed by atoms with Crippen molar-refractivity contribution < 1.29 is 9.13 Å². The molecular formula is C13H19ClFNO. The van der Waals surface area contributed by atoms with E-state index in [4.69, 9.17) is 4.74 Å². The minimum atomic E-state index is -0.0873. The number of ether oxygens (including phenoxy) is 1. The lowest BCUT2D eigenvalue weighted by Crippen LogP contribution is -2.22. The summed E-state index contributed by atoms with van der Waals surface area (Å²) >= 11 is 0. The summed E-state index contributed by atoms with van der Waals surface area (Å²) in [6.45, 7) is 0.830. The van der Waals surface area contributed by atoms with Gasteiger partial charge in [0.15, 0.2) is 0 Å². The zero-order chi connectivity index (χ0) is 11.5. The van der Waals surface area contributed by atoms with Crippen molar-refractivity contribution in [2.75, 3.05) is 20.7 Å². The molecule has 0 saturated carbocycles. The molecule has 1 N–H and O–H groups in total. The number of rotatable bonds is 3. The quantitative estimate of drug-likeness (QED) is 0.901. The van der Waals surface area contributed by atoms with Crippen LogP contribution in [0.3, 0.4) is 0 Å². The molecule has 4 heteroatoms. The third-order valence-corrected chi connectivity index (χ3v) is 3.32. The van der Waals surface area contributed by atoms with Crippen LogP contribution in [-0.4, -0.2) is 20.7 Å². The van der Waals surface area contributed by atoms with Gasteiger partial charge in [-0.3, -0.25) is 0 Å². The standard InChI is InChI=1S/C13H18FNO.ClH/c1-15-8-9-4-3-5-10-12(16-2)7-6-11(14)13(9)10;/h6-7,9,15H,3-5,8H2,1-2H3;1H/t9-;/m0./s1. The summed E-state index contributed by atoms with van der Waals surface area (Å²) in [5.74, 6) is 1.02. The number of benzene rings is 1. The van der Waals surface area contributed by atoms with Gasteiger partial charge in [0.2, 0.25) is 0 Å². The molecule has 0 bridgehead atoms. The average molecular weight is 260 g/mol. The van der Waals surface area contributed by atoms with Crippen LogP contribution in [0.5, 0.6) is 5.75 Å². The second-order valence-electron chi connectivity index (χ2n) is 4.29. The lowest BCUT2D eigenvalue weighted by molar-refractivity contribution is 0.397. The molecule has 2 nitrogen and oxygen atoms in total. The molecule has 1 aliphatic carbocycles. The fraction of sp³-hybridized carbons (Fsp3) is 0.538. The molecule has 0 unspecified atom stereocenters. The first-order valence-electron chi connectivity index (χ1n) is 5.77. The van der Waals surface area contributed by atoms with E-state index in [2.05, 4.69) is 5.32 Å². The van der Waals surface area contributed by atoms with E-state index in [0.29, 0.717) is 0 Å². The molecule has 0 fully saturated rings. The molecule has 17 heavy (non-hydrogen) atoms. The Morgan fingerprint density at radius 2 is 2.24 bits per heavy atom. The number of hydrogen-bond acceptors (Lipinski definition) is 2. The topological polar surface area (TPSA) is 21.3 Å². The molecule has 0 aliphatic heterocycles. The van der Waals surface area contributed by atoms with Crippen molar-refractivity contribution >= 4 is 12.4 Å². The van der Waals surface area contributed by atoms with E-state index in [-0.39, 0.29) is 24.1 Å². The van der Waals surface area contributed by atoms with Gasteiger partial charge in [-0.15, -0.1) is 12.4 Å². The van der Waals surface area contributed by atoms with E-state index in [9.17, 15) is 4.39 Å². The molecule has 0 radical (unpaired) electrons. The Balaban J connectivity index is 0.00000144. The monoisotopic (exact) mass is 259 g/mol. The Morgan fingerprint density at radius 3 is 2.88 bits per heavy atom. The first kappa shape index (κ1) is 14.3. The Kier molecular flexibility index (Phi) is 5.22. The van der Waals surface area contributed by atoms with Gasteiger partial charge in [-0.1, -0.05) is 0 Å². The third-order valence-electron chi connectivity index (χ3n) is 3.32. The fourth-order valence-electron chi connectivity index (χ4n) is 2.63. The summed E-state index contributed by atoms with van der Waals surface area (Å²) in [4.78, 5) is 0. The highest BCUT2D eigenvalue weighted by Gasteiger charge is 2.25. The Hall–Kier alpha value is -0.800. The SMILES string of the molecule is CNC[C@@H]1CCCc2c(OC)ccc(F)c21.Cl. The molecule has 0 amide bonds. The second-order valence-corrected chi connectivity index (χ2v) is 4.29. The van der Waals surface area contributed by atoms with E-state index in [1.165, 1.54) is 6.07 Å². The first-order chi connectivity index (χ1) is 7.77. The molecule has 1 atom stereocenters. The van der Waals surface area contributed by atoms with E-state index in [0.717, 1.165) is 42.7 Å². The van der Waals surface area contributed by atoms with Crippen molar-refractivity contribution in [2.24, 2.45) is 0 Å². The Labute approximate surface area is 108 Å². The van der Waals surface area contributed by atoms with Crippen molar-refractivity contribution in [2.45, 2.75) is 25.2 Å². The molecular weight excluding hydrogens is 241 g/mol. The van der Waals surface area contributed by atoms with Crippen LogP contribution in [0, 0.1) is 5.82 Å². The molecule has 1 aromatic rings. The highest BCUT2D eigenvalue weighted by atomic mass is 35.5. The van der Waals surface area contributed by atoms with Crippen molar-refractivity contribution in [3.8, 4) is 5.75 Å². The Bertz CT molecular complexity index is 384. The van der Waals surface area contributed by atoms with E-state index < -0.39 is 0 Å².